The lowest BCUT2D eigenvalue weighted by Crippen LogP contribution is -2.20. The van der Waals surface area contributed by atoms with Crippen molar-refractivity contribution >= 4 is 33.1 Å². The van der Waals surface area contributed by atoms with Gasteiger partial charge in [0, 0.05) is 6.92 Å². The summed E-state index contributed by atoms with van der Waals surface area (Å²) in [7, 11) is -4.41. The van der Waals surface area contributed by atoms with Crippen LogP contribution < -0.4 is 9.50 Å². The van der Waals surface area contributed by atoms with Crippen LogP contribution >= 0.6 is 0 Å². The number of amides is 1. The molecule has 1 amide bonds. The van der Waals surface area contributed by atoms with Gasteiger partial charge in [0.1, 0.15) is 17.7 Å². The molecule has 0 aliphatic carbocycles. The number of imidazole rings is 1. The minimum atomic E-state index is -4.41. The highest BCUT2D eigenvalue weighted by Gasteiger charge is 2.31. The number of carbonyl (C=O) groups is 1. The third kappa shape index (κ3) is 7.10. The van der Waals surface area contributed by atoms with Gasteiger partial charge in [-0.1, -0.05) is 53.7 Å². The first-order valence-corrected chi connectivity index (χ1v) is 14.1. The van der Waals surface area contributed by atoms with Gasteiger partial charge in [0.15, 0.2) is 11.2 Å². The number of anilines is 1. The molecule has 2 heterocycles. The maximum atomic E-state index is 13.9. The van der Waals surface area contributed by atoms with Gasteiger partial charge in [-0.15, -0.1) is 0 Å². The smallest absolute Gasteiger partial charge is 0.341 e. The number of fused-ring (bicyclic) bond motifs is 1. The number of hydrogen-bond donors (Lipinski definition) is 3. The normalized spacial score (nSPS) is 13.0. The van der Waals surface area contributed by atoms with Crippen molar-refractivity contribution in [1.29, 1.82) is 0 Å². The summed E-state index contributed by atoms with van der Waals surface area (Å²) in [5.41, 5.74) is 2.48. The molecule has 0 saturated carbocycles. The Bertz CT molecular complexity index is 1400. The topological polar surface area (TPSA) is 166 Å². The van der Waals surface area contributed by atoms with Crippen LogP contribution in [0, 0.1) is 0 Å². The first-order valence-electron chi connectivity index (χ1n) is 12.7. The molecule has 1 atom stereocenters. The van der Waals surface area contributed by atoms with Gasteiger partial charge in [0.05, 0.1) is 19.5 Å². The second-order valence-electron chi connectivity index (χ2n) is 10.3. The Labute approximate surface area is 228 Å². The third-order valence-corrected chi connectivity index (χ3v) is 7.34. The van der Waals surface area contributed by atoms with Crippen LogP contribution in [0.1, 0.15) is 82.9 Å². The van der Waals surface area contributed by atoms with E-state index in [9.17, 15) is 18.3 Å². The summed E-state index contributed by atoms with van der Waals surface area (Å²) in [6.45, 7) is 12.3. The van der Waals surface area contributed by atoms with Gasteiger partial charge in [0.25, 0.3) is 5.88 Å². The van der Waals surface area contributed by atoms with Crippen molar-refractivity contribution in [3.05, 3.63) is 35.2 Å². The molecule has 3 rings (SSSR count). The van der Waals surface area contributed by atoms with Crippen molar-refractivity contribution in [3.63, 3.8) is 0 Å². The Morgan fingerprint density at radius 2 is 1.67 bits per heavy atom. The fourth-order valence-electron chi connectivity index (χ4n) is 3.95. The molecule has 1 unspecified atom stereocenters. The molecule has 0 saturated heterocycles. The van der Waals surface area contributed by atoms with Gasteiger partial charge in [-0.2, -0.15) is 18.4 Å². The molecular formula is C26H37N5O7S. The van der Waals surface area contributed by atoms with E-state index >= 15 is 0 Å². The summed E-state index contributed by atoms with van der Waals surface area (Å²) in [6, 6.07) is 3.81. The fraction of sp³-hybridized carbons (Fsp3) is 0.538. The Morgan fingerprint density at radius 3 is 2.18 bits per heavy atom. The maximum absolute atomic E-state index is 13.9. The summed E-state index contributed by atoms with van der Waals surface area (Å²) >= 11 is 0. The Hall–Kier alpha value is -3.13. The monoisotopic (exact) mass is 563 g/mol. The molecule has 13 heteroatoms. The lowest BCUT2D eigenvalue weighted by molar-refractivity contribution is -0.114. The van der Waals surface area contributed by atoms with E-state index in [4.69, 9.17) is 14.0 Å². The van der Waals surface area contributed by atoms with E-state index in [0.717, 1.165) is 5.56 Å². The van der Waals surface area contributed by atoms with E-state index in [1.54, 1.807) is 0 Å². The van der Waals surface area contributed by atoms with Crippen molar-refractivity contribution in [3.8, 4) is 5.88 Å². The highest BCUT2D eigenvalue weighted by atomic mass is 32.2. The van der Waals surface area contributed by atoms with Gasteiger partial charge in [-0.3, -0.25) is 14.7 Å². The Kier molecular flexibility index (Phi) is 9.64. The Balaban J connectivity index is 2.15. The summed E-state index contributed by atoms with van der Waals surface area (Å²) in [6.07, 6.45) is 0.277. The molecule has 0 spiro atoms. The molecule has 1 aromatic carbocycles. The second-order valence-corrected chi connectivity index (χ2v) is 11.8. The zero-order valence-corrected chi connectivity index (χ0v) is 24.1. The number of hydrogen-bond acceptors (Lipinski definition) is 10. The number of ether oxygens (including phenoxy) is 1. The molecule has 0 aliphatic heterocycles. The predicted octanol–water partition coefficient (Wildman–Crippen LogP) is 3.25. The van der Waals surface area contributed by atoms with E-state index in [-0.39, 0.29) is 59.0 Å². The van der Waals surface area contributed by atoms with Gasteiger partial charge in [-0.25, -0.2) is 4.98 Å². The number of nitrogens with one attached hydrogen (secondary N) is 1. The minimum absolute atomic E-state index is 0.0370. The molecule has 214 valence electrons. The molecule has 0 bridgehead atoms. The molecule has 3 N–H and O–H groups in total. The van der Waals surface area contributed by atoms with Gasteiger partial charge in [0.2, 0.25) is 11.9 Å². The van der Waals surface area contributed by atoms with Crippen molar-refractivity contribution in [2.75, 3.05) is 18.5 Å². The van der Waals surface area contributed by atoms with Crippen LogP contribution in [0.5, 0.6) is 5.88 Å². The molecule has 12 nitrogen and oxygen atoms in total. The highest BCUT2D eigenvalue weighted by molar-refractivity contribution is 7.87. The molecule has 39 heavy (non-hydrogen) atoms. The Morgan fingerprint density at radius 1 is 1.05 bits per heavy atom. The summed E-state index contributed by atoms with van der Waals surface area (Å²) in [5, 5.41) is 21.0. The average Bonchev–Trinajstić information content (AvgIpc) is 3.25. The van der Waals surface area contributed by atoms with E-state index in [1.807, 2.05) is 39.8 Å². The molecular weight excluding hydrogens is 526 g/mol. The predicted molar refractivity (Wildman–Crippen MR) is 145 cm³/mol. The number of aliphatic hydroxyl groups excluding tert-OH is 2. The van der Waals surface area contributed by atoms with Gasteiger partial charge >= 0.3 is 10.1 Å². The SMILES string of the molecule is CC(=O)Nc1nc(OS(=O)(=O)c2c(C(C)C)cc(C(C)C)cc2C(C)C)c2ncn(COCC(O)CO)c2n1. The highest BCUT2D eigenvalue weighted by Crippen LogP contribution is 2.37. The molecule has 0 radical (unpaired) electrons. The number of nitrogens with zero attached hydrogens (tertiary/aromatic N) is 4. The average molecular weight is 564 g/mol. The largest absolute Gasteiger partial charge is 0.394 e. The lowest BCUT2D eigenvalue weighted by Gasteiger charge is -2.22. The van der Waals surface area contributed by atoms with Gasteiger partial charge < -0.3 is 19.1 Å². The van der Waals surface area contributed by atoms with E-state index in [0.29, 0.717) is 11.1 Å². The van der Waals surface area contributed by atoms with Crippen molar-refractivity contribution in [1.82, 2.24) is 19.5 Å². The van der Waals surface area contributed by atoms with E-state index < -0.39 is 28.7 Å². The number of aromatic nitrogens is 4. The zero-order chi connectivity index (χ0) is 29.1. The van der Waals surface area contributed by atoms with E-state index in [2.05, 4.69) is 34.1 Å². The number of rotatable bonds is 12. The minimum Gasteiger partial charge on any atom is -0.394 e. The number of benzene rings is 1. The number of carbonyl (C=O) groups excluding carboxylic acids is 1. The third-order valence-electron chi connectivity index (χ3n) is 5.99. The quantitative estimate of drug-likeness (QED) is 0.278. The summed E-state index contributed by atoms with van der Waals surface area (Å²) in [5.74, 6) is -1.02. The van der Waals surface area contributed by atoms with Crippen LogP contribution in [0.4, 0.5) is 5.95 Å². The first kappa shape index (κ1) is 30.4. The van der Waals surface area contributed by atoms with Crippen molar-refractivity contribution in [2.24, 2.45) is 0 Å². The molecule has 0 fully saturated rings. The molecule has 0 aliphatic rings. The summed E-state index contributed by atoms with van der Waals surface area (Å²) < 4.78 is 40.3. The van der Waals surface area contributed by atoms with Crippen LogP contribution in [0.3, 0.4) is 0 Å². The standard InChI is InChI=1S/C26H37N5O7S/c1-14(2)18-8-20(15(3)4)23(21(9-18)16(5)6)39(35,36)38-25-22-24(29-26(30-25)28-17(7)33)31(12-27-22)13-37-11-19(34)10-32/h8-9,12,14-16,19,32,34H,10-11,13H2,1-7H3,(H,28,29,30,33). The van der Waals surface area contributed by atoms with Crippen LogP contribution in [0.15, 0.2) is 23.4 Å². The second kappa shape index (κ2) is 12.4. The first-order chi connectivity index (χ1) is 18.2. The molecule has 2 aromatic heterocycles. The van der Waals surface area contributed by atoms with Gasteiger partial charge in [-0.05, 0) is 34.4 Å². The van der Waals surface area contributed by atoms with Crippen LogP contribution in [0.2, 0.25) is 0 Å². The lowest BCUT2D eigenvalue weighted by atomic mass is 9.89. The van der Waals surface area contributed by atoms with Crippen molar-refractivity contribution < 1.29 is 32.3 Å². The van der Waals surface area contributed by atoms with Crippen LogP contribution in [-0.4, -0.2) is 63.4 Å². The van der Waals surface area contributed by atoms with E-state index in [1.165, 1.54) is 17.8 Å². The van der Waals surface area contributed by atoms with Crippen LogP contribution in [-0.2, 0) is 26.4 Å². The zero-order valence-electron chi connectivity index (χ0n) is 23.3. The summed E-state index contributed by atoms with van der Waals surface area (Å²) in [4.78, 5) is 24.5. The van der Waals surface area contributed by atoms with Crippen LogP contribution in [0.25, 0.3) is 11.2 Å². The van der Waals surface area contributed by atoms with Crippen molar-refractivity contribution in [2.45, 2.75) is 84.0 Å². The number of aliphatic hydroxyl groups is 2. The molecule has 3 aromatic rings. The fourth-order valence-corrected chi connectivity index (χ4v) is 5.52. The maximum Gasteiger partial charge on any atom is 0.341 e.